The number of nitrogens with one attached hydrogen (secondary N) is 1. The van der Waals surface area contributed by atoms with Gasteiger partial charge in [0.2, 0.25) is 11.8 Å². The second kappa shape index (κ2) is 5.79. The fourth-order valence-corrected chi connectivity index (χ4v) is 4.30. The van der Waals surface area contributed by atoms with E-state index in [1.54, 1.807) is 19.1 Å². The summed E-state index contributed by atoms with van der Waals surface area (Å²) in [6, 6.07) is 4.28. The topological polar surface area (TPSA) is 66.5 Å². The molecule has 2 bridgehead atoms. The maximum Gasteiger partial charge on any atom is 0.251 e. The van der Waals surface area contributed by atoms with Crippen molar-refractivity contribution in [3.8, 4) is 0 Å². The molecular formula is C19H19FN2O3. The summed E-state index contributed by atoms with van der Waals surface area (Å²) in [6.45, 7) is 1.94. The molecule has 1 heterocycles. The highest BCUT2D eigenvalue weighted by atomic mass is 19.1. The van der Waals surface area contributed by atoms with E-state index in [0.717, 1.165) is 6.42 Å². The lowest BCUT2D eigenvalue weighted by Gasteiger charge is -2.17. The van der Waals surface area contributed by atoms with Crippen LogP contribution in [0.2, 0.25) is 0 Å². The summed E-state index contributed by atoms with van der Waals surface area (Å²) in [5.74, 6) is -1.17. The Kier molecular flexibility index (Phi) is 3.71. The molecule has 0 aromatic heterocycles. The van der Waals surface area contributed by atoms with Gasteiger partial charge in [-0.05, 0) is 42.9 Å². The Balaban J connectivity index is 1.36. The normalized spacial score (nSPS) is 29.4. The van der Waals surface area contributed by atoms with Crippen molar-refractivity contribution in [1.29, 1.82) is 0 Å². The van der Waals surface area contributed by atoms with Gasteiger partial charge in [0, 0.05) is 18.7 Å². The third-order valence-electron chi connectivity index (χ3n) is 5.62. The Labute approximate surface area is 144 Å². The van der Waals surface area contributed by atoms with Gasteiger partial charge in [-0.25, -0.2) is 4.39 Å². The van der Waals surface area contributed by atoms with Gasteiger partial charge in [0.25, 0.3) is 5.91 Å². The minimum absolute atomic E-state index is 0.123. The van der Waals surface area contributed by atoms with E-state index < -0.39 is 11.7 Å². The number of imide groups is 1. The second-order valence-corrected chi connectivity index (χ2v) is 7.05. The number of benzene rings is 1. The number of nitrogens with zero attached hydrogens (tertiary/aromatic N) is 1. The third-order valence-corrected chi connectivity index (χ3v) is 5.62. The van der Waals surface area contributed by atoms with Crippen molar-refractivity contribution in [3.63, 3.8) is 0 Å². The smallest absolute Gasteiger partial charge is 0.251 e. The highest BCUT2D eigenvalue weighted by molar-refractivity contribution is 6.06. The van der Waals surface area contributed by atoms with E-state index >= 15 is 0 Å². The van der Waals surface area contributed by atoms with Gasteiger partial charge < -0.3 is 5.32 Å². The zero-order valence-corrected chi connectivity index (χ0v) is 13.9. The maximum atomic E-state index is 13.5. The minimum Gasteiger partial charge on any atom is -0.350 e. The molecule has 1 aromatic carbocycles. The lowest BCUT2D eigenvalue weighted by Crippen LogP contribution is -2.39. The second-order valence-electron chi connectivity index (χ2n) is 7.05. The molecular weight excluding hydrogens is 323 g/mol. The Morgan fingerprint density at radius 3 is 2.44 bits per heavy atom. The van der Waals surface area contributed by atoms with E-state index in [9.17, 15) is 18.8 Å². The number of likely N-dealkylation sites (tertiary alicyclic amines) is 1. The van der Waals surface area contributed by atoms with Crippen molar-refractivity contribution in [2.24, 2.45) is 23.7 Å². The van der Waals surface area contributed by atoms with Gasteiger partial charge in [0.05, 0.1) is 11.8 Å². The van der Waals surface area contributed by atoms with Crippen LogP contribution in [0.5, 0.6) is 0 Å². The predicted molar refractivity (Wildman–Crippen MR) is 87.9 cm³/mol. The maximum absolute atomic E-state index is 13.5. The van der Waals surface area contributed by atoms with Crippen LogP contribution in [0.15, 0.2) is 30.4 Å². The fourth-order valence-electron chi connectivity index (χ4n) is 4.30. The first-order chi connectivity index (χ1) is 12.0. The molecule has 2 fully saturated rings. The van der Waals surface area contributed by atoms with Crippen LogP contribution in [0.4, 0.5) is 4.39 Å². The van der Waals surface area contributed by atoms with E-state index in [1.165, 1.54) is 11.0 Å². The number of fused-ring (bicyclic) bond motifs is 5. The van der Waals surface area contributed by atoms with Crippen molar-refractivity contribution in [2.75, 3.05) is 13.1 Å². The van der Waals surface area contributed by atoms with E-state index in [-0.39, 0.29) is 54.1 Å². The van der Waals surface area contributed by atoms with Crippen LogP contribution in [0.25, 0.3) is 0 Å². The lowest BCUT2D eigenvalue weighted by molar-refractivity contribution is -0.140. The summed E-state index contributed by atoms with van der Waals surface area (Å²) >= 11 is 0. The minimum atomic E-state index is -0.437. The van der Waals surface area contributed by atoms with Crippen LogP contribution < -0.4 is 5.32 Å². The van der Waals surface area contributed by atoms with Gasteiger partial charge in [-0.2, -0.15) is 0 Å². The molecule has 0 spiro atoms. The monoisotopic (exact) mass is 342 g/mol. The van der Waals surface area contributed by atoms with E-state index in [2.05, 4.69) is 5.32 Å². The van der Waals surface area contributed by atoms with Gasteiger partial charge in [0.1, 0.15) is 5.82 Å². The Morgan fingerprint density at radius 1 is 1.20 bits per heavy atom. The van der Waals surface area contributed by atoms with Crippen molar-refractivity contribution in [2.45, 2.75) is 13.3 Å². The zero-order valence-electron chi connectivity index (χ0n) is 13.9. The molecule has 4 atom stereocenters. The molecule has 130 valence electrons. The molecule has 1 aromatic rings. The van der Waals surface area contributed by atoms with Gasteiger partial charge in [-0.15, -0.1) is 0 Å². The molecule has 0 unspecified atom stereocenters. The number of carbonyl (C=O) groups is 3. The largest absolute Gasteiger partial charge is 0.350 e. The van der Waals surface area contributed by atoms with E-state index in [1.807, 2.05) is 12.2 Å². The SMILES string of the molecule is Cc1ccc(C(=O)NCCN2C(=O)[C@@H]3[C@@H](C2=O)[C@H]2C=C[C@H]3C2)cc1F. The molecule has 6 heteroatoms. The number of amides is 3. The Morgan fingerprint density at radius 2 is 1.84 bits per heavy atom. The number of hydrogen-bond donors (Lipinski definition) is 1. The first-order valence-electron chi connectivity index (χ1n) is 8.55. The van der Waals surface area contributed by atoms with Gasteiger partial charge >= 0.3 is 0 Å². The summed E-state index contributed by atoms with van der Waals surface area (Å²) in [6.07, 6.45) is 5.00. The number of allylic oxidation sites excluding steroid dienone is 2. The number of hydrogen-bond acceptors (Lipinski definition) is 3. The molecule has 5 nitrogen and oxygen atoms in total. The number of carbonyl (C=O) groups excluding carboxylic acids is 3. The van der Waals surface area contributed by atoms with E-state index in [0.29, 0.717) is 5.56 Å². The molecule has 3 aliphatic rings. The average Bonchev–Trinajstić information content (AvgIpc) is 3.26. The standard InChI is InChI=1S/C19H19FN2O3/c1-10-2-3-13(9-14(10)20)17(23)21-6-7-22-18(24)15-11-4-5-12(8-11)16(15)19(22)25/h2-5,9,11-12,15-16H,6-8H2,1H3,(H,21,23)/t11-,12-,15-,16-/m0/s1. The lowest BCUT2D eigenvalue weighted by atomic mass is 9.85. The van der Waals surface area contributed by atoms with Crippen molar-refractivity contribution in [1.82, 2.24) is 10.2 Å². The van der Waals surface area contributed by atoms with Crippen LogP contribution >= 0.6 is 0 Å². The molecule has 1 aliphatic heterocycles. The molecule has 1 N–H and O–H groups in total. The molecule has 3 amide bonds. The highest BCUT2D eigenvalue weighted by Crippen LogP contribution is 2.52. The fraction of sp³-hybridized carbons (Fsp3) is 0.421. The van der Waals surface area contributed by atoms with Crippen molar-refractivity contribution in [3.05, 3.63) is 47.3 Å². The Bertz CT molecular complexity index is 774. The summed E-state index contributed by atoms with van der Waals surface area (Å²) < 4.78 is 13.5. The van der Waals surface area contributed by atoms with Crippen LogP contribution in [0.3, 0.4) is 0 Å². The average molecular weight is 342 g/mol. The summed E-state index contributed by atoms with van der Waals surface area (Å²) in [5.41, 5.74) is 0.695. The Hall–Kier alpha value is -2.50. The molecule has 4 rings (SSSR count). The molecule has 25 heavy (non-hydrogen) atoms. The van der Waals surface area contributed by atoms with Gasteiger partial charge in [-0.1, -0.05) is 18.2 Å². The molecule has 1 saturated heterocycles. The summed E-state index contributed by atoms with van der Waals surface area (Å²) in [7, 11) is 0. The first kappa shape index (κ1) is 16.0. The van der Waals surface area contributed by atoms with Crippen LogP contribution in [0.1, 0.15) is 22.3 Å². The predicted octanol–water partition coefficient (Wildman–Crippen LogP) is 1.67. The number of rotatable bonds is 4. The van der Waals surface area contributed by atoms with Crippen LogP contribution in [-0.2, 0) is 9.59 Å². The van der Waals surface area contributed by atoms with Gasteiger partial charge in [-0.3, -0.25) is 19.3 Å². The zero-order chi connectivity index (χ0) is 17.7. The van der Waals surface area contributed by atoms with Crippen molar-refractivity contribution < 1.29 is 18.8 Å². The summed E-state index contributed by atoms with van der Waals surface area (Å²) in [5, 5.41) is 2.65. The first-order valence-corrected chi connectivity index (χ1v) is 8.55. The van der Waals surface area contributed by atoms with E-state index in [4.69, 9.17) is 0 Å². The third kappa shape index (κ3) is 2.47. The van der Waals surface area contributed by atoms with Crippen LogP contribution in [0, 0.1) is 36.4 Å². The molecule has 2 aliphatic carbocycles. The molecule has 0 radical (unpaired) electrons. The highest BCUT2D eigenvalue weighted by Gasteiger charge is 2.58. The number of halogens is 1. The molecule has 1 saturated carbocycles. The van der Waals surface area contributed by atoms with Crippen LogP contribution in [-0.4, -0.2) is 35.7 Å². The number of aryl methyl sites for hydroxylation is 1. The quantitative estimate of drug-likeness (QED) is 0.669. The van der Waals surface area contributed by atoms with Crippen molar-refractivity contribution >= 4 is 17.7 Å². The summed E-state index contributed by atoms with van der Waals surface area (Å²) in [4.78, 5) is 38.4. The van der Waals surface area contributed by atoms with Gasteiger partial charge in [0.15, 0.2) is 0 Å².